The van der Waals surface area contributed by atoms with Gasteiger partial charge in [0.15, 0.2) is 0 Å². The Morgan fingerprint density at radius 2 is 1.62 bits per heavy atom. The molecule has 6 heteroatoms. The number of hydrogen-bond acceptors (Lipinski definition) is 4. The highest BCUT2D eigenvalue weighted by atomic mass is 35.5. The lowest BCUT2D eigenvalue weighted by Gasteiger charge is -2.16. The number of amides is 2. The highest BCUT2D eigenvalue weighted by Crippen LogP contribution is 2.33. The van der Waals surface area contributed by atoms with Gasteiger partial charge in [-0.3, -0.25) is 14.5 Å². The predicted octanol–water partition coefficient (Wildman–Crippen LogP) is 5.66. The van der Waals surface area contributed by atoms with E-state index in [1.165, 1.54) is 4.90 Å². The standard InChI is InChI=1S/C26H31ClN2O3/c1-5-6-13-32-14-7-12-29-25(30)23(20-10-8-17(2)19(4)15-20)24(26(29)31)28-22-16-21(27)11-9-18(22)3/h8-11,15-16,28H,5-7,12-14H2,1-4H3. The maximum Gasteiger partial charge on any atom is 0.278 e. The van der Waals surface area contributed by atoms with Crippen LogP contribution in [0, 0.1) is 20.8 Å². The van der Waals surface area contributed by atoms with Gasteiger partial charge in [-0.25, -0.2) is 0 Å². The highest BCUT2D eigenvalue weighted by Gasteiger charge is 2.39. The number of carbonyl (C=O) groups excluding carboxylic acids is 2. The van der Waals surface area contributed by atoms with Crippen LogP contribution >= 0.6 is 11.6 Å². The minimum Gasteiger partial charge on any atom is -0.381 e. The number of hydrogen-bond donors (Lipinski definition) is 1. The molecule has 0 fully saturated rings. The lowest BCUT2D eigenvalue weighted by Crippen LogP contribution is -2.34. The van der Waals surface area contributed by atoms with Crippen LogP contribution < -0.4 is 5.32 Å². The maximum absolute atomic E-state index is 13.4. The molecule has 1 aliphatic rings. The summed E-state index contributed by atoms with van der Waals surface area (Å²) in [6.07, 6.45) is 2.68. The Morgan fingerprint density at radius 1 is 0.906 bits per heavy atom. The zero-order valence-electron chi connectivity index (χ0n) is 19.3. The average molecular weight is 455 g/mol. The van der Waals surface area contributed by atoms with E-state index in [2.05, 4.69) is 12.2 Å². The van der Waals surface area contributed by atoms with Gasteiger partial charge in [-0.1, -0.05) is 49.2 Å². The number of rotatable bonds is 10. The van der Waals surface area contributed by atoms with Crippen LogP contribution in [0.1, 0.15) is 48.4 Å². The van der Waals surface area contributed by atoms with Crippen molar-refractivity contribution < 1.29 is 14.3 Å². The molecule has 0 bridgehead atoms. The summed E-state index contributed by atoms with van der Waals surface area (Å²) >= 11 is 6.18. The molecule has 0 atom stereocenters. The van der Waals surface area contributed by atoms with E-state index in [1.807, 2.05) is 45.0 Å². The van der Waals surface area contributed by atoms with Crippen molar-refractivity contribution in [1.82, 2.24) is 4.90 Å². The summed E-state index contributed by atoms with van der Waals surface area (Å²) in [5.74, 6) is -0.606. The van der Waals surface area contributed by atoms with Crippen LogP contribution in [0.2, 0.25) is 5.02 Å². The molecule has 170 valence electrons. The van der Waals surface area contributed by atoms with Gasteiger partial charge in [0, 0.05) is 30.5 Å². The largest absolute Gasteiger partial charge is 0.381 e. The number of ether oxygens (including phenoxy) is 1. The van der Waals surface area contributed by atoms with Crippen LogP contribution in [0.3, 0.4) is 0 Å². The number of benzene rings is 2. The molecule has 0 aromatic heterocycles. The molecule has 5 nitrogen and oxygen atoms in total. The molecular formula is C26H31ClN2O3. The number of halogens is 1. The van der Waals surface area contributed by atoms with Crippen LogP contribution in [0.15, 0.2) is 42.1 Å². The van der Waals surface area contributed by atoms with E-state index < -0.39 is 0 Å². The predicted molar refractivity (Wildman–Crippen MR) is 130 cm³/mol. The second-order valence-electron chi connectivity index (χ2n) is 8.21. The summed E-state index contributed by atoms with van der Waals surface area (Å²) in [6.45, 7) is 9.60. The third-order valence-electron chi connectivity index (χ3n) is 5.74. The minimum absolute atomic E-state index is 0.283. The van der Waals surface area contributed by atoms with Crippen molar-refractivity contribution in [2.45, 2.75) is 47.0 Å². The van der Waals surface area contributed by atoms with Gasteiger partial charge in [-0.05, 0) is 68.0 Å². The lowest BCUT2D eigenvalue weighted by atomic mass is 9.99. The normalized spacial score (nSPS) is 14.0. The molecule has 0 saturated carbocycles. The summed E-state index contributed by atoms with van der Waals surface area (Å²) in [6, 6.07) is 11.3. The second kappa shape index (κ2) is 10.8. The smallest absolute Gasteiger partial charge is 0.278 e. The quantitative estimate of drug-likeness (QED) is 0.371. The zero-order chi connectivity index (χ0) is 23.3. The number of imide groups is 1. The van der Waals surface area contributed by atoms with Crippen molar-refractivity contribution in [3.05, 3.63) is 69.4 Å². The Morgan fingerprint density at radius 3 is 2.34 bits per heavy atom. The Labute approximate surface area is 195 Å². The molecular weight excluding hydrogens is 424 g/mol. The Hall–Kier alpha value is -2.63. The van der Waals surface area contributed by atoms with Crippen molar-refractivity contribution in [3.63, 3.8) is 0 Å². The van der Waals surface area contributed by atoms with Gasteiger partial charge in [0.1, 0.15) is 5.70 Å². The third kappa shape index (κ3) is 5.40. The summed E-state index contributed by atoms with van der Waals surface area (Å²) < 4.78 is 5.60. The van der Waals surface area contributed by atoms with Crippen LogP contribution in [0.5, 0.6) is 0 Å². The van der Waals surface area contributed by atoms with Gasteiger partial charge in [-0.15, -0.1) is 0 Å². The number of aryl methyl sites for hydroxylation is 3. The SMILES string of the molecule is CCCCOCCCN1C(=O)C(Nc2cc(Cl)ccc2C)=C(c2ccc(C)c(C)c2)C1=O. The number of nitrogens with zero attached hydrogens (tertiary/aromatic N) is 1. The van der Waals surface area contributed by atoms with Crippen molar-refractivity contribution in [2.75, 3.05) is 25.1 Å². The Bertz CT molecular complexity index is 1050. The molecule has 1 heterocycles. The first-order chi connectivity index (χ1) is 15.3. The van der Waals surface area contributed by atoms with E-state index in [-0.39, 0.29) is 17.5 Å². The molecule has 0 spiro atoms. The number of carbonyl (C=O) groups is 2. The molecule has 2 aromatic carbocycles. The molecule has 0 saturated heterocycles. The van der Waals surface area contributed by atoms with E-state index >= 15 is 0 Å². The summed E-state index contributed by atoms with van der Waals surface area (Å²) in [7, 11) is 0. The van der Waals surface area contributed by atoms with Gasteiger partial charge in [0.2, 0.25) is 0 Å². The summed E-state index contributed by atoms with van der Waals surface area (Å²) in [5.41, 5.74) is 5.25. The maximum atomic E-state index is 13.4. The lowest BCUT2D eigenvalue weighted by molar-refractivity contribution is -0.137. The average Bonchev–Trinajstić information content (AvgIpc) is 2.99. The highest BCUT2D eigenvalue weighted by molar-refractivity contribution is 6.36. The topological polar surface area (TPSA) is 58.6 Å². The van der Waals surface area contributed by atoms with Gasteiger partial charge >= 0.3 is 0 Å². The van der Waals surface area contributed by atoms with Crippen molar-refractivity contribution in [1.29, 1.82) is 0 Å². The number of nitrogens with one attached hydrogen (secondary N) is 1. The summed E-state index contributed by atoms with van der Waals surface area (Å²) in [5, 5.41) is 3.77. The fourth-order valence-electron chi connectivity index (χ4n) is 3.60. The first-order valence-electron chi connectivity index (χ1n) is 11.1. The van der Waals surface area contributed by atoms with Crippen molar-refractivity contribution in [2.24, 2.45) is 0 Å². The molecule has 0 aliphatic carbocycles. The van der Waals surface area contributed by atoms with E-state index in [4.69, 9.17) is 16.3 Å². The van der Waals surface area contributed by atoms with Gasteiger partial charge < -0.3 is 10.1 Å². The minimum atomic E-state index is -0.323. The first kappa shape index (κ1) is 24.0. The Balaban J connectivity index is 1.90. The molecule has 0 radical (unpaired) electrons. The second-order valence-corrected chi connectivity index (χ2v) is 8.65. The molecule has 2 aromatic rings. The molecule has 1 aliphatic heterocycles. The zero-order valence-corrected chi connectivity index (χ0v) is 20.0. The Kier molecular flexibility index (Phi) is 8.10. The summed E-state index contributed by atoms with van der Waals surface area (Å²) in [4.78, 5) is 28.0. The van der Waals surface area contributed by atoms with Crippen LogP contribution in [0.4, 0.5) is 5.69 Å². The monoisotopic (exact) mass is 454 g/mol. The van der Waals surface area contributed by atoms with Gasteiger partial charge in [-0.2, -0.15) is 0 Å². The van der Waals surface area contributed by atoms with Crippen LogP contribution in [-0.2, 0) is 14.3 Å². The molecule has 0 unspecified atom stereocenters. The van der Waals surface area contributed by atoms with E-state index in [0.29, 0.717) is 42.5 Å². The number of unbranched alkanes of at least 4 members (excludes halogenated alkanes) is 1. The van der Waals surface area contributed by atoms with Crippen LogP contribution in [-0.4, -0.2) is 36.5 Å². The van der Waals surface area contributed by atoms with Crippen molar-refractivity contribution in [3.8, 4) is 0 Å². The molecule has 2 amide bonds. The third-order valence-corrected chi connectivity index (χ3v) is 5.97. The van der Waals surface area contributed by atoms with E-state index in [9.17, 15) is 9.59 Å². The van der Waals surface area contributed by atoms with Crippen molar-refractivity contribution >= 4 is 34.7 Å². The molecule has 3 rings (SSSR count). The van der Waals surface area contributed by atoms with E-state index in [1.54, 1.807) is 12.1 Å². The van der Waals surface area contributed by atoms with E-state index in [0.717, 1.165) is 35.1 Å². The van der Waals surface area contributed by atoms with Crippen LogP contribution in [0.25, 0.3) is 5.57 Å². The van der Waals surface area contributed by atoms with Gasteiger partial charge in [0.05, 0.1) is 5.57 Å². The molecule has 1 N–H and O–H groups in total. The number of anilines is 1. The molecule has 32 heavy (non-hydrogen) atoms. The van der Waals surface area contributed by atoms with Gasteiger partial charge in [0.25, 0.3) is 11.8 Å². The fraction of sp³-hybridized carbons (Fsp3) is 0.385. The fourth-order valence-corrected chi connectivity index (χ4v) is 3.77. The first-order valence-corrected chi connectivity index (χ1v) is 11.5.